The maximum absolute atomic E-state index is 13.4. The highest BCUT2D eigenvalue weighted by Gasteiger charge is 2.33. The summed E-state index contributed by atoms with van der Waals surface area (Å²) < 4.78 is 5.26. The molecule has 1 aromatic heterocycles. The minimum atomic E-state index is -0.653. The Bertz CT molecular complexity index is 800. The van der Waals surface area contributed by atoms with Gasteiger partial charge in [-0.05, 0) is 42.3 Å². The summed E-state index contributed by atoms with van der Waals surface area (Å²) in [5.74, 6) is -0.152. The van der Waals surface area contributed by atoms with E-state index in [1.807, 2.05) is 48.7 Å². The molecule has 3 rings (SSSR count). The van der Waals surface area contributed by atoms with Crippen LogP contribution in [0.1, 0.15) is 47.7 Å². The van der Waals surface area contributed by atoms with Crippen molar-refractivity contribution in [1.29, 1.82) is 0 Å². The number of carbonyl (C=O) groups excluding carboxylic acids is 2. The normalized spacial score (nSPS) is 15.2. The van der Waals surface area contributed by atoms with Gasteiger partial charge in [-0.3, -0.25) is 9.59 Å². The fraction of sp³-hybridized carbons (Fsp3) is 0.478. The van der Waals surface area contributed by atoms with Crippen LogP contribution >= 0.6 is 11.3 Å². The molecule has 2 amide bonds. The number of benzene rings is 1. The molecule has 0 aliphatic heterocycles. The molecule has 1 aliphatic rings. The van der Waals surface area contributed by atoms with E-state index in [1.165, 1.54) is 0 Å². The largest absolute Gasteiger partial charge is 0.383 e. The fourth-order valence-corrected chi connectivity index (χ4v) is 4.64. The molecule has 2 aromatic rings. The maximum atomic E-state index is 13.4. The molecule has 5 nitrogen and oxygen atoms in total. The van der Waals surface area contributed by atoms with E-state index in [0.717, 1.165) is 41.7 Å². The van der Waals surface area contributed by atoms with Gasteiger partial charge >= 0.3 is 0 Å². The van der Waals surface area contributed by atoms with E-state index in [4.69, 9.17) is 4.74 Å². The van der Waals surface area contributed by atoms with Crippen LogP contribution in [0.3, 0.4) is 0 Å². The number of ether oxygens (including phenoxy) is 1. The number of thiophene rings is 1. The Labute approximate surface area is 177 Å². The predicted octanol–water partition coefficient (Wildman–Crippen LogP) is 3.87. The number of hydrogen-bond donors (Lipinski definition) is 1. The third-order valence-electron chi connectivity index (χ3n) is 5.51. The van der Waals surface area contributed by atoms with Crippen molar-refractivity contribution in [3.8, 4) is 0 Å². The molecule has 1 heterocycles. The second-order valence-electron chi connectivity index (χ2n) is 7.59. The smallest absolute Gasteiger partial charge is 0.247 e. The standard InChI is InChI=1S/C23H30N2O3S/c1-17-8-3-6-12-20(17)22(23(27)24-18-9-4-5-10-18)25(13-14-28-2)21(26)16-19-11-7-15-29-19/h3,6-8,11-12,15,18,22H,4-5,9-10,13-14,16H2,1-2H3,(H,24,27)/t22-/m1/s1. The quantitative estimate of drug-likeness (QED) is 0.678. The summed E-state index contributed by atoms with van der Waals surface area (Å²) in [7, 11) is 1.61. The van der Waals surface area contributed by atoms with Crippen molar-refractivity contribution < 1.29 is 14.3 Å². The summed E-state index contributed by atoms with van der Waals surface area (Å²) in [6.07, 6.45) is 4.59. The molecule has 1 aromatic carbocycles. The van der Waals surface area contributed by atoms with E-state index >= 15 is 0 Å². The third-order valence-corrected chi connectivity index (χ3v) is 6.38. The molecular formula is C23H30N2O3S. The molecule has 6 heteroatoms. The molecule has 1 N–H and O–H groups in total. The van der Waals surface area contributed by atoms with E-state index in [1.54, 1.807) is 23.3 Å². The van der Waals surface area contributed by atoms with Crippen LogP contribution in [0.5, 0.6) is 0 Å². The molecule has 0 bridgehead atoms. The van der Waals surface area contributed by atoms with Crippen LogP contribution in [-0.2, 0) is 20.7 Å². The summed E-state index contributed by atoms with van der Waals surface area (Å²) >= 11 is 1.56. The second kappa shape index (κ2) is 10.6. The van der Waals surface area contributed by atoms with Gasteiger partial charge in [0.15, 0.2) is 0 Å². The Kier molecular flexibility index (Phi) is 7.83. The van der Waals surface area contributed by atoms with Crippen LogP contribution in [0.2, 0.25) is 0 Å². The van der Waals surface area contributed by atoms with Crippen molar-refractivity contribution in [2.45, 2.75) is 51.1 Å². The molecule has 1 aliphatic carbocycles. The van der Waals surface area contributed by atoms with Crippen molar-refractivity contribution in [3.63, 3.8) is 0 Å². The number of hydrogen-bond acceptors (Lipinski definition) is 4. The van der Waals surface area contributed by atoms with E-state index in [-0.39, 0.29) is 17.9 Å². The zero-order valence-electron chi connectivity index (χ0n) is 17.2. The summed E-state index contributed by atoms with van der Waals surface area (Å²) in [6.45, 7) is 2.75. The van der Waals surface area contributed by atoms with Crippen LogP contribution in [0.25, 0.3) is 0 Å². The van der Waals surface area contributed by atoms with E-state index in [0.29, 0.717) is 19.6 Å². The molecular weight excluding hydrogens is 384 g/mol. The number of nitrogens with one attached hydrogen (secondary N) is 1. The second-order valence-corrected chi connectivity index (χ2v) is 8.62. The summed E-state index contributed by atoms with van der Waals surface area (Å²) in [4.78, 5) is 29.4. The topological polar surface area (TPSA) is 58.6 Å². The van der Waals surface area contributed by atoms with Gasteiger partial charge in [0.25, 0.3) is 0 Å². The lowest BCUT2D eigenvalue weighted by molar-refractivity contribution is -0.141. The Hall–Kier alpha value is -2.18. The molecule has 0 unspecified atom stereocenters. The Morgan fingerprint density at radius 1 is 1.21 bits per heavy atom. The minimum Gasteiger partial charge on any atom is -0.383 e. The Balaban J connectivity index is 1.91. The molecule has 29 heavy (non-hydrogen) atoms. The van der Waals surface area contributed by atoms with Gasteiger partial charge < -0.3 is 15.0 Å². The number of amides is 2. The van der Waals surface area contributed by atoms with Crippen LogP contribution in [-0.4, -0.2) is 43.0 Å². The third kappa shape index (κ3) is 5.67. The number of carbonyl (C=O) groups is 2. The number of methoxy groups -OCH3 is 1. The first-order chi connectivity index (χ1) is 14.1. The molecule has 0 saturated heterocycles. The van der Waals surface area contributed by atoms with Crippen molar-refractivity contribution in [2.24, 2.45) is 0 Å². The van der Waals surface area contributed by atoms with E-state index in [2.05, 4.69) is 5.32 Å². The maximum Gasteiger partial charge on any atom is 0.247 e. The lowest BCUT2D eigenvalue weighted by atomic mass is 9.98. The van der Waals surface area contributed by atoms with Gasteiger partial charge in [-0.15, -0.1) is 11.3 Å². The van der Waals surface area contributed by atoms with Gasteiger partial charge in [0.05, 0.1) is 13.0 Å². The molecule has 1 saturated carbocycles. The van der Waals surface area contributed by atoms with Crippen molar-refractivity contribution in [1.82, 2.24) is 10.2 Å². The SMILES string of the molecule is COCCN(C(=O)Cc1cccs1)[C@@H](C(=O)NC1CCCC1)c1ccccc1C. The summed E-state index contributed by atoms with van der Waals surface area (Å²) in [5.41, 5.74) is 1.88. The highest BCUT2D eigenvalue weighted by Crippen LogP contribution is 2.27. The first-order valence-corrected chi connectivity index (χ1v) is 11.1. The summed E-state index contributed by atoms with van der Waals surface area (Å²) in [5, 5.41) is 5.17. The van der Waals surface area contributed by atoms with Gasteiger partial charge in [-0.25, -0.2) is 0 Å². The number of nitrogens with zero attached hydrogens (tertiary/aromatic N) is 1. The van der Waals surface area contributed by atoms with Gasteiger partial charge in [0, 0.05) is 24.6 Å². The first-order valence-electron chi connectivity index (χ1n) is 10.3. The fourth-order valence-electron chi connectivity index (χ4n) is 3.95. The van der Waals surface area contributed by atoms with E-state index < -0.39 is 6.04 Å². The zero-order valence-corrected chi connectivity index (χ0v) is 18.0. The molecule has 0 radical (unpaired) electrons. The van der Waals surface area contributed by atoms with Crippen LogP contribution in [0.15, 0.2) is 41.8 Å². The number of aryl methyl sites for hydroxylation is 1. The highest BCUT2D eigenvalue weighted by atomic mass is 32.1. The van der Waals surface area contributed by atoms with Crippen LogP contribution < -0.4 is 5.32 Å². The molecule has 1 atom stereocenters. The monoisotopic (exact) mass is 414 g/mol. The van der Waals surface area contributed by atoms with Crippen molar-refractivity contribution in [3.05, 3.63) is 57.8 Å². The number of rotatable bonds is 9. The molecule has 0 spiro atoms. The lowest BCUT2D eigenvalue weighted by Crippen LogP contribution is -2.47. The lowest BCUT2D eigenvalue weighted by Gasteiger charge is -2.33. The van der Waals surface area contributed by atoms with Gasteiger partial charge in [-0.1, -0.05) is 43.2 Å². The zero-order chi connectivity index (χ0) is 20.6. The first kappa shape index (κ1) is 21.5. The summed E-state index contributed by atoms with van der Waals surface area (Å²) in [6, 6.07) is 11.3. The predicted molar refractivity (Wildman–Crippen MR) is 116 cm³/mol. The minimum absolute atomic E-state index is 0.0562. The Morgan fingerprint density at radius 3 is 2.62 bits per heavy atom. The Morgan fingerprint density at radius 2 is 1.97 bits per heavy atom. The van der Waals surface area contributed by atoms with Crippen molar-refractivity contribution >= 4 is 23.2 Å². The average molecular weight is 415 g/mol. The molecule has 1 fully saturated rings. The van der Waals surface area contributed by atoms with Crippen molar-refractivity contribution in [2.75, 3.05) is 20.3 Å². The van der Waals surface area contributed by atoms with Gasteiger partial charge in [-0.2, -0.15) is 0 Å². The van der Waals surface area contributed by atoms with E-state index in [9.17, 15) is 9.59 Å². The van der Waals surface area contributed by atoms with Crippen LogP contribution in [0.4, 0.5) is 0 Å². The highest BCUT2D eigenvalue weighted by molar-refractivity contribution is 7.10. The average Bonchev–Trinajstić information content (AvgIpc) is 3.40. The van der Waals surface area contributed by atoms with Gasteiger partial charge in [0.1, 0.15) is 6.04 Å². The molecule has 156 valence electrons. The van der Waals surface area contributed by atoms with Gasteiger partial charge in [0.2, 0.25) is 11.8 Å². The van der Waals surface area contributed by atoms with Crippen LogP contribution in [0, 0.1) is 6.92 Å².